The molecule has 4 nitrogen and oxygen atoms in total. The lowest BCUT2D eigenvalue weighted by molar-refractivity contribution is -0.00516. The third-order valence-electron chi connectivity index (χ3n) is 2.81. The Balaban J connectivity index is 2.23. The van der Waals surface area contributed by atoms with E-state index < -0.39 is 0 Å². The van der Waals surface area contributed by atoms with Crippen LogP contribution in [0.3, 0.4) is 0 Å². The fourth-order valence-electron chi connectivity index (χ4n) is 2.24. The summed E-state index contributed by atoms with van der Waals surface area (Å²) < 4.78 is 5.69. The van der Waals surface area contributed by atoms with Crippen LogP contribution in [0.1, 0.15) is 13.8 Å². The smallest absolute Gasteiger partial charge is 0.0726 e. The molecule has 0 spiro atoms. The molecule has 2 atom stereocenters. The molecule has 16 heavy (non-hydrogen) atoms. The van der Waals surface area contributed by atoms with Gasteiger partial charge in [-0.2, -0.15) is 0 Å². The monoisotopic (exact) mass is 221 g/mol. The standard InChI is InChI=1S/C12H19N3O/c1-8-6-15(7-9(2)16-8)12-4-3-10(13)5-11(12)14/h3-5,8-9H,6-7,13-14H2,1-2H3/t8-,9-/m0/s1. The maximum atomic E-state index is 5.98. The molecule has 0 amide bonds. The van der Waals surface area contributed by atoms with Crippen molar-refractivity contribution in [2.45, 2.75) is 26.1 Å². The minimum absolute atomic E-state index is 0.237. The molecule has 0 aromatic heterocycles. The van der Waals surface area contributed by atoms with Crippen molar-refractivity contribution >= 4 is 17.1 Å². The van der Waals surface area contributed by atoms with E-state index in [1.54, 1.807) is 6.07 Å². The van der Waals surface area contributed by atoms with Crippen LogP contribution < -0.4 is 16.4 Å². The minimum Gasteiger partial charge on any atom is -0.399 e. The van der Waals surface area contributed by atoms with Gasteiger partial charge in [0.05, 0.1) is 23.6 Å². The molecule has 4 heteroatoms. The zero-order valence-electron chi connectivity index (χ0n) is 9.81. The van der Waals surface area contributed by atoms with Crippen molar-refractivity contribution in [2.75, 3.05) is 29.5 Å². The number of hydrogen-bond donors (Lipinski definition) is 2. The summed E-state index contributed by atoms with van der Waals surface area (Å²) >= 11 is 0. The summed E-state index contributed by atoms with van der Waals surface area (Å²) in [7, 11) is 0. The number of nitrogen functional groups attached to an aromatic ring is 2. The van der Waals surface area contributed by atoms with Crippen LogP contribution in [0, 0.1) is 0 Å². The van der Waals surface area contributed by atoms with Crippen LogP contribution >= 0.6 is 0 Å². The Kier molecular flexibility index (Phi) is 2.92. The summed E-state index contributed by atoms with van der Waals surface area (Å²) in [5, 5.41) is 0. The van der Waals surface area contributed by atoms with E-state index in [1.165, 1.54) is 0 Å². The second-order valence-corrected chi connectivity index (χ2v) is 4.48. The van der Waals surface area contributed by atoms with Gasteiger partial charge < -0.3 is 21.1 Å². The number of morpholine rings is 1. The highest BCUT2D eigenvalue weighted by Gasteiger charge is 2.23. The summed E-state index contributed by atoms with van der Waals surface area (Å²) in [4.78, 5) is 2.26. The van der Waals surface area contributed by atoms with Crippen molar-refractivity contribution in [1.82, 2.24) is 0 Å². The van der Waals surface area contributed by atoms with Gasteiger partial charge in [-0.1, -0.05) is 0 Å². The third kappa shape index (κ3) is 2.22. The number of nitrogens with two attached hydrogens (primary N) is 2. The molecule has 1 aliphatic rings. The maximum Gasteiger partial charge on any atom is 0.0726 e. The second kappa shape index (κ2) is 4.22. The Bertz CT molecular complexity index is 371. The first-order chi connectivity index (χ1) is 7.56. The Labute approximate surface area is 96.2 Å². The number of hydrogen-bond acceptors (Lipinski definition) is 4. The fourth-order valence-corrected chi connectivity index (χ4v) is 2.24. The quantitative estimate of drug-likeness (QED) is 0.705. The van der Waals surface area contributed by atoms with E-state index in [0.717, 1.165) is 24.5 Å². The molecule has 1 heterocycles. The lowest BCUT2D eigenvalue weighted by Crippen LogP contribution is -2.45. The molecule has 1 saturated heterocycles. The number of benzene rings is 1. The molecule has 1 fully saturated rings. The second-order valence-electron chi connectivity index (χ2n) is 4.48. The summed E-state index contributed by atoms with van der Waals surface area (Å²) in [5.74, 6) is 0. The number of rotatable bonds is 1. The van der Waals surface area contributed by atoms with Gasteiger partial charge in [-0.3, -0.25) is 0 Å². The molecule has 0 unspecified atom stereocenters. The predicted molar refractivity (Wildman–Crippen MR) is 67.5 cm³/mol. The molecule has 1 aliphatic heterocycles. The lowest BCUT2D eigenvalue weighted by atomic mass is 10.1. The van der Waals surface area contributed by atoms with E-state index in [-0.39, 0.29) is 12.2 Å². The Morgan fingerprint density at radius 1 is 1.19 bits per heavy atom. The average Bonchev–Trinajstić information content (AvgIpc) is 2.15. The van der Waals surface area contributed by atoms with Gasteiger partial charge in [-0.15, -0.1) is 0 Å². The van der Waals surface area contributed by atoms with Gasteiger partial charge >= 0.3 is 0 Å². The van der Waals surface area contributed by atoms with Crippen molar-refractivity contribution in [3.8, 4) is 0 Å². The topological polar surface area (TPSA) is 64.5 Å². The van der Waals surface area contributed by atoms with Gasteiger partial charge in [0.25, 0.3) is 0 Å². The van der Waals surface area contributed by atoms with Crippen LogP contribution in [-0.4, -0.2) is 25.3 Å². The van der Waals surface area contributed by atoms with E-state index in [9.17, 15) is 0 Å². The molecule has 2 rings (SSSR count). The molecule has 4 N–H and O–H groups in total. The minimum atomic E-state index is 0.237. The summed E-state index contributed by atoms with van der Waals surface area (Å²) in [6.07, 6.45) is 0.474. The van der Waals surface area contributed by atoms with E-state index in [1.807, 2.05) is 12.1 Å². The number of anilines is 3. The molecule has 0 bridgehead atoms. The highest BCUT2D eigenvalue weighted by Crippen LogP contribution is 2.27. The normalized spacial score (nSPS) is 25.8. The molecular formula is C12H19N3O. The van der Waals surface area contributed by atoms with E-state index in [4.69, 9.17) is 16.2 Å². The SMILES string of the molecule is C[C@H]1CN(c2ccc(N)cc2N)C[C@H](C)O1. The predicted octanol–water partition coefficient (Wildman–Crippen LogP) is 1.46. The highest BCUT2D eigenvalue weighted by molar-refractivity contribution is 5.72. The zero-order chi connectivity index (χ0) is 11.7. The number of ether oxygens (including phenoxy) is 1. The van der Waals surface area contributed by atoms with E-state index in [2.05, 4.69) is 18.7 Å². The van der Waals surface area contributed by atoms with Gasteiger partial charge in [-0.05, 0) is 32.0 Å². The molecule has 1 aromatic rings. The van der Waals surface area contributed by atoms with Crippen molar-refractivity contribution in [3.05, 3.63) is 18.2 Å². The third-order valence-corrected chi connectivity index (χ3v) is 2.81. The van der Waals surface area contributed by atoms with Gasteiger partial charge in [0.2, 0.25) is 0 Å². The summed E-state index contributed by atoms with van der Waals surface area (Å²) in [6.45, 7) is 5.91. The van der Waals surface area contributed by atoms with Gasteiger partial charge in [-0.25, -0.2) is 0 Å². The molecule has 1 aromatic carbocycles. The van der Waals surface area contributed by atoms with Gasteiger partial charge in [0.1, 0.15) is 0 Å². The van der Waals surface area contributed by atoms with Crippen LogP contribution in [0.25, 0.3) is 0 Å². The van der Waals surface area contributed by atoms with Gasteiger partial charge in [0.15, 0.2) is 0 Å². The van der Waals surface area contributed by atoms with Crippen molar-refractivity contribution in [2.24, 2.45) is 0 Å². The van der Waals surface area contributed by atoms with Crippen LogP contribution in [0.2, 0.25) is 0 Å². The maximum absolute atomic E-state index is 5.98. The van der Waals surface area contributed by atoms with Crippen LogP contribution in [0.5, 0.6) is 0 Å². The lowest BCUT2D eigenvalue weighted by Gasteiger charge is -2.37. The van der Waals surface area contributed by atoms with Crippen LogP contribution in [0.4, 0.5) is 17.1 Å². The Hall–Kier alpha value is -1.42. The Morgan fingerprint density at radius 3 is 2.38 bits per heavy atom. The molecular weight excluding hydrogens is 202 g/mol. The summed E-state index contributed by atoms with van der Waals surface area (Å²) in [6, 6.07) is 5.67. The van der Waals surface area contributed by atoms with Crippen molar-refractivity contribution in [1.29, 1.82) is 0 Å². The van der Waals surface area contributed by atoms with Crippen LogP contribution in [-0.2, 0) is 4.74 Å². The fraction of sp³-hybridized carbons (Fsp3) is 0.500. The first kappa shape index (κ1) is 11.1. The first-order valence-corrected chi connectivity index (χ1v) is 5.61. The molecule has 0 saturated carbocycles. The number of nitrogens with zero attached hydrogens (tertiary/aromatic N) is 1. The first-order valence-electron chi connectivity index (χ1n) is 5.61. The highest BCUT2D eigenvalue weighted by atomic mass is 16.5. The summed E-state index contributed by atoms with van der Waals surface area (Å²) in [5.41, 5.74) is 14.2. The average molecular weight is 221 g/mol. The molecule has 0 radical (unpaired) electrons. The van der Waals surface area contributed by atoms with E-state index in [0.29, 0.717) is 5.69 Å². The largest absolute Gasteiger partial charge is 0.399 e. The molecule has 0 aliphatic carbocycles. The Morgan fingerprint density at radius 2 is 1.81 bits per heavy atom. The van der Waals surface area contributed by atoms with Crippen molar-refractivity contribution in [3.63, 3.8) is 0 Å². The van der Waals surface area contributed by atoms with Gasteiger partial charge in [0, 0.05) is 18.8 Å². The van der Waals surface area contributed by atoms with Crippen LogP contribution in [0.15, 0.2) is 18.2 Å². The molecule has 88 valence electrons. The zero-order valence-corrected chi connectivity index (χ0v) is 9.81. The van der Waals surface area contributed by atoms with Crippen molar-refractivity contribution < 1.29 is 4.74 Å². The van der Waals surface area contributed by atoms with E-state index >= 15 is 0 Å².